The molecule has 0 bridgehead atoms. The Morgan fingerprint density at radius 2 is 1.85 bits per heavy atom. The van der Waals surface area contributed by atoms with E-state index in [4.69, 9.17) is 15.3 Å². The van der Waals surface area contributed by atoms with Crippen LogP contribution >= 0.6 is 0 Å². The molecular weight excluding hydrogens is 266 g/mol. The van der Waals surface area contributed by atoms with E-state index < -0.39 is 23.1 Å². The predicted octanol–water partition coefficient (Wildman–Crippen LogP) is 2.71. The van der Waals surface area contributed by atoms with E-state index in [0.29, 0.717) is 0 Å². The molecule has 0 radical (unpaired) electrons. The minimum absolute atomic E-state index is 0.0102. The van der Waals surface area contributed by atoms with Gasteiger partial charge in [-0.05, 0) is 19.3 Å². The third-order valence-corrected chi connectivity index (χ3v) is 2.84. The summed E-state index contributed by atoms with van der Waals surface area (Å²) in [4.78, 5) is 0. The van der Waals surface area contributed by atoms with Crippen molar-refractivity contribution in [3.05, 3.63) is 23.8 Å². The molecule has 0 amide bonds. The zero-order valence-corrected chi connectivity index (χ0v) is 10.4. The second kappa shape index (κ2) is 5.98. The molecule has 0 atom stereocenters. The first kappa shape index (κ1) is 13.8. The van der Waals surface area contributed by atoms with Gasteiger partial charge < -0.3 is 4.74 Å². The fourth-order valence-electron chi connectivity index (χ4n) is 1.59. The molecule has 5 nitrogen and oxygen atoms in total. The summed E-state index contributed by atoms with van der Waals surface area (Å²) in [5.41, 5.74) is 1.79. The van der Waals surface area contributed by atoms with Crippen molar-refractivity contribution < 1.29 is 13.5 Å². The number of ether oxygens (including phenoxy) is 1. The van der Waals surface area contributed by atoms with Crippen LogP contribution in [0.2, 0.25) is 0 Å². The Balaban J connectivity index is 2.15. The fourth-order valence-corrected chi connectivity index (χ4v) is 1.59. The molecule has 7 heteroatoms. The molecular formula is C13H10F2N4O. The summed E-state index contributed by atoms with van der Waals surface area (Å²) in [6, 6.07) is 5.02. The molecule has 1 fully saturated rings. The van der Waals surface area contributed by atoms with Crippen molar-refractivity contribution in [1.82, 2.24) is 0 Å². The Morgan fingerprint density at radius 1 is 1.25 bits per heavy atom. The Labute approximate surface area is 114 Å². The molecule has 1 aromatic carbocycles. The lowest BCUT2D eigenvalue weighted by Crippen LogP contribution is -2.25. The Hall–Kier alpha value is -2.67. The molecule has 102 valence electrons. The van der Waals surface area contributed by atoms with Gasteiger partial charge in [-0.2, -0.15) is 15.6 Å². The van der Waals surface area contributed by atoms with Gasteiger partial charge in [0.1, 0.15) is 12.1 Å². The van der Waals surface area contributed by atoms with Gasteiger partial charge in [-0.25, -0.2) is 8.78 Å². The highest BCUT2D eigenvalue weighted by Gasteiger charge is 2.23. The average molecular weight is 276 g/mol. The van der Waals surface area contributed by atoms with Crippen molar-refractivity contribution in [3.8, 4) is 17.9 Å². The van der Waals surface area contributed by atoms with Gasteiger partial charge in [0.05, 0.1) is 11.8 Å². The maximum absolute atomic E-state index is 13.7. The Bertz CT molecular complexity index is 587. The minimum atomic E-state index is -0.856. The highest BCUT2D eigenvalue weighted by atomic mass is 19.1. The number of benzene rings is 1. The number of nitriles is 2. The van der Waals surface area contributed by atoms with Crippen LogP contribution in [0.3, 0.4) is 0 Å². The van der Waals surface area contributed by atoms with Gasteiger partial charge in [-0.1, -0.05) is 0 Å². The molecule has 1 aliphatic carbocycles. The van der Waals surface area contributed by atoms with Crippen molar-refractivity contribution in [1.29, 1.82) is 10.5 Å². The van der Waals surface area contributed by atoms with E-state index in [1.807, 2.05) is 0 Å². The van der Waals surface area contributed by atoms with E-state index >= 15 is 0 Å². The minimum Gasteiger partial charge on any atom is -0.484 e. The van der Waals surface area contributed by atoms with E-state index in [1.165, 1.54) is 12.1 Å². The van der Waals surface area contributed by atoms with Crippen molar-refractivity contribution in [2.75, 3.05) is 5.43 Å². The zero-order valence-electron chi connectivity index (χ0n) is 10.4. The van der Waals surface area contributed by atoms with E-state index in [-0.39, 0.29) is 11.8 Å². The molecule has 0 heterocycles. The van der Waals surface area contributed by atoms with E-state index in [9.17, 15) is 8.78 Å². The maximum atomic E-state index is 13.7. The number of hydrazone groups is 1. The Kier molecular flexibility index (Phi) is 4.11. The van der Waals surface area contributed by atoms with Gasteiger partial charge in [-0.3, -0.25) is 5.43 Å². The van der Waals surface area contributed by atoms with Crippen LogP contribution in [0, 0.1) is 34.3 Å². The molecule has 1 aliphatic rings. The quantitative estimate of drug-likeness (QED) is 0.677. The van der Waals surface area contributed by atoms with Crippen molar-refractivity contribution in [2.24, 2.45) is 5.10 Å². The van der Waals surface area contributed by atoms with Gasteiger partial charge in [0.2, 0.25) is 5.71 Å². The van der Waals surface area contributed by atoms with Crippen LogP contribution in [0.5, 0.6) is 5.75 Å². The van der Waals surface area contributed by atoms with Gasteiger partial charge in [-0.15, -0.1) is 0 Å². The van der Waals surface area contributed by atoms with Gasteiger partial charge >= 0.3 is 0 Å². The standard InChI is InChI=1S/C13H10F2N4O/c14-11-4-8(18-19-9(6-16)7-17)5-12(15)13(11)20-10-2-1-3-10/h4-5,10,18H,1-3H2. The summed E-state index contributed by atoms with van der Waals surface area (Å²) in [6.07, 6.45) is 2.43. The van der Waals surface area contributed by atoms with Gasteiger partial charge in [0.15, 0.2) is 17.4 Å². The normalized spacial score (nSPS) is 13.6. The summed E-state index contributed by atoms with van der Waals surface area (Å²) in [7, 11) is 0. The smallest absolute Gasteiger partial charge is 0.237 e. The van der Waals surface area contributed by atoms with E-state index in [2.05, 4.69) is 10.5 Å². The van der Waals surface area contributed by atoms with Gasteiger partial charge in [0, 0.05) is 12.1 Å². The summed E-state index contributed by atoms with van der Waals surface area (Å²) >= 11 is 0. The average Bonchev–Trinajstić information content (AvgIpc) is 2.37. The molecule has 20 heavy (non-hydrogen) atoms. The number of nitrogens with zero attached hydrogens (tertiary/aromatic N) is 3. The second-order valence-corrected chi connectivity index (χ2v) is 4.24. The largest absolute Gasteiger partial charge is 0.484 e. The number of hydrogen-bond acceptors (Lipinski definition) is 5. The second-order valence-electron chi connectivity index (χ2n) is 4.24. The lowest BCUT2D eigenvalue weighted by molar-refractivity contribution is 0.109. The van der Waals surface area contributed by atoms with Crippen molar-refractivity contribution in [3.63, 3.8) is 0 Å². The predicted molar refractivity (Wildman–Crippen MR) is 66.9 cm³/mol. The first-order chi connectivity index (χ1) is 9.63. The highest BCUT2D eigenvalue weighted by molar-refractivity contribution is 6.10. The van der Waals surface area contributed by atoms with Crippen LogP contribution in [0.1, 0.15) is 19.3 Å². The molecule has 0 aliphatic heterocycles. The first-order valence-corrected chi connectivity index (χ1v) is 5.93. The van der Waals surface area contributed by atoms with E-state index in [0.717, 1.165) is 31.4 Å². The number of rotatable bonds is 4. The monoisotopic (exact) mass is 276 g/mol. The third-order valence-electron chi connectivity index (χ3n) is 2.84. The van der Waals surface area contributed by atoms with Gasteiger partial charge in [0.25, 0.3) is 0 Å². The van der Waals surface area contributed by atoms with E-state index in [1.54, 1.807) is 0 Å². The zero-order chi connectivity index (χ0) is 14.5. The lowest BCUT2D eigenvalue weighted by atomic mass is 9.96. The van der Waals surface area contributed by atoms with Crippen molar-refractivity contribution in [2.45, 2.75) is 25.4 Å². The highest BCUT2D eigenvalue weighted by Crippen LogP contribution is 2.31. The van der Waals surface area contributed by atoms with Crippen LogP contribution in [-0.2, 0) is 0 Å². The number of anilines is 1. The van der Waals surface area contributed by atoms with Crippen LogP contribution < -0.4 is 10.2 Å². The summed E-state index contributed by atoms with van der Waals surface area (Å²) in [5.74, 6) is -2.12. The summed E-state index contributed by atoms with van der Waals surface area (Å²) in [5, 5.41) is 20.4. The van der Waals surface area contributed by atoms with Crippen LogP contribution in [0.25, 0.3) is 0 Å². The molecule has 2 rings (SSSR count). The fraction of sp³-hybridized carbons (Fsp3) is 0.308. The third kappa shape index (κ3) is 3.01. The number of halogens is 2. The number of hydrogen-bond donors (Lipinski definition) is 1. The molecule has 0 saturated heterocycles. The summed E-state index contributed by atoms with van der Waals surface area (Å²) < 4.78 is 32.7. The van der Waals surface area contributed by atoms with Crippen LogP contribution in [-0.4, -0.2) is 11.8 Å². The topological polar surface area (TPSA) is 81.2 Å². The Morgan fingerprint density at radius 3 is 2.30 bits per heavy atom. The molecule has 1 saturated carbocycles. The van der Waals surface area contributed by atoms with Crippen molar-refractivity contribution >= 4 is 11.4 Å². The summed E-state index contributed by atoms with van der Waals surface area (Å²) in [6.45, 7) is 0. The molecule has 1 aromatic rings. The molecule has 0 spiro atoms. The maximum Gasteiger partial charge on any atom is 0.237 e. The molecule has 1 N–H and O–H groups in total. The van der Waals surface area contributed by atoms with Crippen LogP contribution in [0.15, 0.2) is 17.2 Å². The van der Waals surface area contributed by atoms with Crippen LogP contribution in [0.4, 0.5) is 14.5 Å². The first-order valence-electron chi connectivity index (χ1n) is 5.93. The SMILES string of the molecule is N#CC(C#N)=NNc1cc(F)c(OC2CCC2)c(F)c1. The lowest BCUT2D eigenvalue weighted by Gasteiger charge is -2.26. The molecule has 0 unspecified atom stereocenters. The molecule has 0 aromatic heterocycles. The number of nitrogens with one attached hydrogen (secondary N) is 1.